The molecule has 1 unspecified atom stereocenters. The Kier molecular flexibility index (Phi) is 2.49. The van der Waals surface area contributed by atoms with Crippen molar-refractivity contribution in [2.75, 3.05) is 0 Å². The molecule has 1 heterocycles. The molecule has 2 nitrogen and oxygen atoms in total. The van der Waals surface area contributed by atoms with E-state index >= 15 is 0 Å². The van der Waals surface area contributed by atoms with E-state index in [-0.39, 0.29) is 11.9 Å². The van der Waals surface area contributed by atoms with E-state index in [1.165, 1.54) is 0 Å². The fourth-order valence-corrected chi connectivity index (χ4v) is 1.000. The van der Waals surface area contributed by atoms with Gasteiger partial charge in [-0.3, -0.25) is 4.79 Å². The minimum Gasteiger partial charge on any atom is -0.490 e. The van der Waals surface area contributed by atoms with Crippen LogP contribution in [0.3, 0.4) is 0 Å². The number of ether oxygens (including phenoxy) is 1. The van der Waals surface area contributed by atoms with Gasteiger partial charge in [-0.2, -0.15) is 0 Å². The number of rotatable bonds is 3. The standard InChI is InChI=1S/C8H12O2/c1-2-4-7(9)8-5-3-6-10-8/h3,6,8H,2,4-5H2,1H3. The monoisotopic (exact) mass is 140 g/mol. The van der Waals surface area contributed by atoms with Crippen LogP contribution in [0.25, 0.3) is 0 Å². The minimum absolute atomic E-state index is 0.167. The average Bonchev–Trinajstić information content (AvgIpc) is 2.38. The number of carbonyl (C=O) groups is 1. The van der Waals surface area contributed by atoms with Crippen LogP contribution in [0.5, 0.6) is 0 Å². The lowest BCUT2D eigenvalue weighted by atomic mass is 10.1. The molecule has 0 aromatic rings. The maximum absolute atomic E-state index is 11.1. The lowest BCUT2D eigenvalue weighted by Gasteiger charge is -2.06. The SMILES string of the molecule is CCCC(=O)C1CC=CO1. The summed E-state index contributed by atoms with van der Waals surface area (Å²) in [6, 6.07) is 0. The van der Waals surface area contributed by atoms with Crippen LogP contribution in [0, 0.1) is 0 Å². The van der Waals surface area contributed by atoms with Crippen molar-refractivity contribution in [1.29, 1.82) is 0 Å². The van der Waals surface area contributed by atoms with Gasteiger partial charge in [0.25, 0.3) is 0 Å². The van der Waals surface area contributed by atoms with Gasteiger partial charge in [0.05, 0.1) is 6.26 Å². The molecule has 0 bridgehead atoms. The number of hydrogen-bond acceptors (Lipinski definition) is 2. The molecule has 56 valence electrons. The van der Waals surface area contributed by atoms with Crippen LogP contribution in [-0.4, -0.2) is 11.9 Å². The first-order chi connectivity index (χ1) is 4.84. The Bertz CT molecular complexity index is 141. The van der Waals surface area contributed by atoms with Crippen molar-refractivity contribution in [1.82, 2.24) is 0 Å². The second-order valence-electron chi connectivity index (χ2n) is 2.45. The Hall–Kier alpha value is -0.790. The highest BCUT2D eigenvalue weighted by Crippen LogP contribution is 2.11. The van der Waals surface area contributed by atoms with E-state index in [4.69, 9.17) is 4.74 Å². The summed E-state index contributed by atoms with van der Waals surface area (Å²) in [7, 11) is 0. The minimum atomic E-state index is -0.167. The van der Waals surface area contributed by atoms with Crippen LogP contribution in [0.15, 0.2) is 12.3 Å². The number of carbonyl (C=O) groups excluding carboxylic acids is 1. The third kappa shape index (κ3) is 1.59. The molecule has 1 aliphatic rings. The zero-order valence-corrected chi connectivity index (χ0v) is 6.17. The molecule has 0 saturated heterocycles. The Morgan fingerprint density at radius 2 is 2.60 bits per heavy atom. The van der Waals surface area contributed by atoms with Gasteiger partial charge in [-0.25, -0.2) is 0 Å². The summed E-state index contributed by atoms with van der Waals surface area (Å²) in [4.78, 5) is 11.1. The van der Waals surface area contributed by atoms with Crippen molar-refractivity contribution >= 4 is 5.78 Å². The van der Waals surface area contributed by atoms with Crippen molar-refractivity contribution in [3.63, 3.8) is 0 Å². The summed E-state index contributed by atoms with van der Waals surface area (Å²) >= 11 is 0. The topological polar surface area (TPSA) is 26.3 Å². The van der Waals surface area contributed by atoms with E-state index in [9.17, 15) is 4.79 Å². The number of Topliss-reactive ketones (excluding diaryl/α,β-unsaturated/α-hetero) is 1. The lowest BCUT2D eigenvalue weighted by molar-refractivity contribution is -0.126. The summed E-state index contributed by atoms with van der Waals surface area (Å²) in [5.74, 6) is 0.229. The van der Waals surface area contributed by atoms with Gasteiger partial charge in [0.15, 0.2) is 11.9 Å². The molecule has 0 aromatic heterocycles. The van der Waals surface area contributed by atoms with Gasteiger partial charge in [-0.05, 0) is 12.5 Å². The van der Waals surface area contributed by atoms with E-state index < -0.39 is 0 Å². The third-order valence-corrected chi connectivity index (χ3v) is 1.54. The lowest BCUT2D eigenvalue weighted by Crippen LogP contribution is -2.18. The van der Waals surface area contributed by atoms with Crippen LogP contribution in [0.1, 0.15) is 26.2 Å². The highest BCUT2D eigenvalue weighted by molar-refractivity contribution is 5.83. The third-order valence-electron chi connectivity index (χ3n) is 1.54. The summed E-state index contributed by atoms with van der Waals surface area (Å²) in [5.41, 5.74) is 0. The molecule has 0 saturated carbocycles. The van der Waals surface area contributed by atoms with Gasteiger partial charge in [0.2, 0.25) is 0 Å². The van der Waals surface area contributed by atoms with Crippen molar-refractivity contribution < 1.29 is 9.53 Å². The zero-order chi connectivity index (χ0) is 7.40. The van der Waals surface area contributed by atoms with Gasteiger partial charge < -0.3 is 4.74 Å². The molecular weight excluding hydrogens is 128 g/mol. The zero-order valence-electron chi connectivity index (χ0n) is 6.17. The Morgan fingerprint density at radius 1 is 1.80 bits per heavy atom. The van der Waals surface area contributed by atoms with E-state index in [0.29, 0.717) is 6.42 Å². The van der Waals surface area contributed by atoms with Crippen LogP contribution in [0.2, 0.25) is 0 Å². The van der Waals surface area contributed by atoms with Gasteiger partial charge in [-0.1, -0.05) is 6.92 Å². The Morgan fingerprint density at radius 3 is 3.10 bits per heavy atom. The van der Waals surface area contributed by atoms with Gasteiger partial charge in [0, 0.05) is 12.8 Å². The molecule has 10 heavy (non-hydrogen) atoms. The van der Waals surface area contributed by atoms with Crippen molar-refractivity contribution in [2.24, 2.45) is 0 Å². The Balaban J connectivity index is 2.28. The highest BCUT2D eigenvalue weighted by Gasteiger charge is 2.18. The van der Waals surface area contributed by atoms with Crippen LogP contribution in [0.4, 0.5) is 0 Å². The fraction of sp³-hybridized carbons (Fsp3) is 0.625. The predicted molar refractivity (Wildman–Crippen MR) is 38.5 cm³/mol. The van der Waals surface area contributed by atoms with Gasteiger partial charge >= 0.3 is 0 Å². The Labute approximate surface area is 60.9 Å². The molecule has 1 atom stereocenters. The summed E-state index contributed by atoms with van der Waals surface area (Å²) in [6.45, 7) is 2.00. The van der Waals surface area contributed by atoms with Gasteiger partial charge in [-0.15, -0.1) is 0 Å². The highest BCUT2D eigenvalue weighted by atomic mass is 16.5. The van der Waals surface area contributed by atoms with Gasteiger partial charge in [0.1, 0.15) is 0 Å². The smallest absolute Gasteiger partial charge is 0.173 e. The second kappa shape index (κ2) is 3.40. The van der Waals surface area contributed by atoms with E-state index in [0.717, 1.165) is 12.8 Å². The first-order valence-electron chi connectivity index (χ1n) is 3.67. The van der Waals surface area contributed by atoms with E-state index in [2.05, 4.69) is 0 Å². The average molecular weight is 140 g/mol. The quantitative estimate of drug-likeness (QED) is 0.596. The van der Waals surface area contributed by atoms with E-state index in [1.54, 1.807) is 6.26 Å². The van der Waals surface area contributed by atoms with Crippen molar-refractivity contribution in [2.45, 2.75) is 32.3 Å². The molecule has 0 aromatic carbocycles. The molecule has 0 amide bonds. The van der Waals surface area contributed by atoms with Crippen LogP contribution >= 0.6 is 0 Å². The van der Waals surface area contributed by atoms with Crippen LogP contribution in [-0.2, 0) is 9.53 Å². The second-order valence-corrected chi connectivity index (χ2v) is 2.45. The van der Waals surface area contributed by atoms with E-state index in [1.807, 2.05) is 13.0 Å². The molecule has 1 rings (SSSR count). The fourth-order valence-electron chi connectivity index (χ4n) is 1.000. The summed E-state index contributed by atoms with van der Waals surface area (Å²) in [6.07, 6.45) is 5.65. The van der Waals surface area contributed by atoms with Crippen molar-refractivity contribution in [3.05, 3.63) is 12.3 Å². The largest absolute Gasteiger partial charge is 0.490 e. The first kappa shape index (κ1) is 7.32. The number of ketones is 1. The summed E-state index contributed by atoms with van der Waals surface area (Å²) < 4.78 is 5.04. The molecule has 0 fully saturated rings. The molecular formula is C8H12O2. The first-order valence-corrected chi connectivity index (χ1v) is 3.67. The molecule has 0 N–H and O–H groups in total. The normalized spacial score (nSPS) is 22.7. The molecule has 0 aliphatic carbocycles. The maximum Gasteiger partial charge on any atom is 0.173 e. The number of hydrogen-bond donors (Lipinski definition) is 0. The molecule has 1 aliphatic heterocycles. The molecule has 0 spiro atoms. The predicted octanol–water partition coefficient (Wildman–Crippen LogP) is 1.66. The maximum atomic E-state index is 11.1. The van der Waals surface area contributed by atoms with Crippen LogP contribution < -0.4 is 0 Å². The summed E-state index contributed by atoms with van der Waals surface area (Å²) in [5, 5.41) is 0. The molecule has 2 heteroatoms. The van der Waals surface area contributed by atoms with Crippen molar-refractivity contribution in [3.8, 4) is 0 Å². The molecule has 0 radical (unpaired) electrons.